The maximum atomic E-state index is 11.8. The molecule has 0 unspecified atom stereocenters. The first-order valence-electron chi connectivity index (χ1n) is 4.59. The van der Waals surface area contributed by atoms with Crippen molar-refractivity contribution >= 4 is 0 Å². The monoisotopic (exact) mass is 209 g/mol. The number of alkyl halides is 3. The third-order valence-corrected chi connectivity index (χ3v) is 2.25. The van der Waals surface area contributed by atoms with E-state index in [1.807, 2.05) is 0 Å². The van der Waals surface area contributed by atoms with E-state index >= 15 is 0 Å². The molecule has 0 aliphatic carbocycles. The second-order valence-electron chi connectivity index (χ2n) is 3.58. The standard InChI is InChI=1S/C9H14F3NO/c10-9(11,12)3-1-2-8(14)4-6-13-7-5-8/h1-2,13-14H,3-7H2/b2-1+. The predicted molar refractivity (Wildman–Crippen MR) is 46.9 cm³/mol. The van der Waals surface area contributed by atoms with Gasteiger partial charge in [0.1, 0.15) is 0 Å². The summed E-state index contributed by atoms with van der Waals surface area (Å²) in [7, 11) is 0. The second kappa shape index (κ2) is 4.31. The van der Waals surface area contributed by atoms with Crippen molar-refractivity contribution in [1.29, 1.82) is 0 Å². The Bertz CT molecular complexity index is 207. The normalized spacial score (nSPS) is 22.9. The van der Waals surface area contributed by atoms with Gasteiger partial charge in [0.15, 0.2) is 0 Å². The molecule has 0 bridgehead atoms. The van der Waals surface area contributed by atoms with E-state index in [0.29, 0.717) is 25.9 Å². The van der Waals surface area contributed by atoms with Gasteiger partial charge >= 0.3 is 6.18 Å². The van der Waals surface area contributed by atoms with E-state index in [9.17, 15) is 18.3 Å². The van der Waals surface area contributed by atoms with Gasteiger partial charge in [-0.25, -0.2) is 0 Å². The molecule has 0 radical (unpaired) electrons. The van der Waals surface area contributed by atoms with Crippen LogP contribution in [0.25, 0.3) is 0 Å². The van der Waals surface area contributed by atoms with Crippen LogP contribution in [0, 0.1) is 0 Å². The van der Waals surface area contributed by atoms with Crippen molar-refractivity contribution in [3.63, 3.8) is 0 Å². The molecular weight excluding hydrogens is 195 g/mol. The average Bonchev–Trinajstić information content (AvgIpc) is 2.02. The van der Waals surface area contributed by atoms with Gasteiger partial charge in [-0.3, -0.25) is 0 Å². The topological polar surface area (TPSA) is 32.3 Å². The first kappa shape index (κ1) is 11.5. The van der Waals surface area contributed by atoms with Crippen LogP contribution >= 0.6 is 0 Å². The number of hydrogen-bond donors (Lipinski definition) is 2. The second-order valence-corrected chi connectivity index (χ2v) is 3.58. The molecule has 0 atom stereocenters. The fourth-order valence-electron chi connectivity index (χ4n) is 1.44. The molecule has 1 saturated heterocycles. The van der Waals surface area contributed by atoms with Crippen LogP contribution in [-0.4, -0.2) is 30.0 Å². The highest BCUT2D eigenvalue weighted by Gasteiger charge is 2.28. The van der Waals surface area contributed by atoms with Crippen molar-refractivity contribution in [2.75, 3.05) is 13.1 Å². The van der Waals surface area contributed by atoms with Gasteiger partial charge in [-0.2, -0.15) is 13.2 Å². The van der Waals surface area contributed by atoms with E-state index in [1.165, 1.54) is 6.08 Å². The molecule has 14 heavy (non-hydrogen) atoms. The summed E-state index contributed by atoms with van der Waals surface area (Å²) in [4.78, 5) is 0. The van der Waals surface area contributed by atoms with Crippen LogP contribution in [0.4, 0.5) is 13.2 Å². The van der Waals surface area contributed by atoms with Crippen LogP contribution in [0.2, 0.25) is 0 Å². The van der Waals surface area contributed by atoms with Crippen LogP contribution < -0.4 is 5.32 Å². The summed E-state index contributed by atoms with van der Waals surface area (Å²) in [5.74, 6) is 0. The summed E-state index contributed by atoms with van der Waals surface area (Å²) in [6, 6.07) is 0. The van der Waals surface area contributed by atoms with Crippen LogP contribution in [0.3, 0.4) is 0 Å². The maximum Gasteiger partial charge on any atom is 0.392 e. The Morgan fingerprint density at radius 2 is 1.86 bits per heavy atom. The smallest absolute Gasteiger partial charge is 0.386 e. The molecule has 0 aromatic rings. The van der Waals surface area contributed by atoms with E-state index in [0.717, 1.165) is 6.08 Å². The molecule has 1 aliphatic heterocycles. The third kappa shape index (κ3) is 4.11. The number of rotatable bonds is 2. The van der Waals surface area contributed by atoms with Gasteiger partial charge in [-0.15, -0.1) is 0 Å². The Hall–Kier alpha value is -0.550. The molecule has 2 nitrogen and oxygen atoms in total. The lowest BCUT2D eigenvalue weighted by Crippen LogP contribution is -2.40. The van der Waals surface area contributed by atoms with Crippen molar-refractivity contribution in [3.05, 3.63) is 12.2 Å². The lowest BCUT2D eigenvalue weighted by Gasteiger charge is -2.29. The molecule has 0 amide bonds. The number of hydrogen-bond acceptors (Lipinski definition) is 2. The van der Waals surface area contributed by atoms with Gasteiger partial charge < -0.3 is 10.4 Å². The SMILES string of the molecule is OC1(/C=C/CC(F)(F)F)CCNCC1. The summed E-state index contributed by atoms with van der Waals surface area (Å²) >= 11 is 0. The van der Waals surface area contributed by atoms with Crippen molar-refractivity contribution in [2.45, 2.75) is 31.0 Å². The van der Waals surface area contributed by atoms with Gasteiger partial charge in [0.2, 0.25) is 0 Å². The molecule has 1 aliphatic rings. The van der Waals surface area contributed by atoms with Crippen LogP contribution in [0.1, 0.15) is 19.3 Å². The lowest BCUT2D eigenvalue weighted by molar-refractivity contribution is -0.125. The summed E-state index contributed by atoms with van der Waals surface area (Å²) in [5.41, 5.74) is -1.05. The molecule has 1 fully saturated rings. The Morgan fingerprint density at radius 1 is 1.29 bits per heavy atom. The minimum absolute atomic E-state index is 0.474. The van der Waals surface area contributed by atoms with E-state index in [2.05, 4.69) is 5.32 Å². The number of halogens is 3. The molecule has 5 heteroatoms. The minimum atomic E-state index is -4.18. The van der Waals surface area contributed by atoms with E-state index < -0.39 is 18.2 Å². The highest BCUT2D eigenvalue weighted by atomic mass is 19.4. The molecule has 0 aromatic heterocycles. The van der Waals surface area contributed by atoms with E-state index in [4.69, 9.17) is 0 Å². The molecule has 1 heterocycles. The zero-order valence-electron chi connectivity index (χ0n) is 7.77. The lowest BCUT2D eigenvalue weighted by atomic mass is 9.92. The highest BCUT2D eigenvalue weighted by Crippen LogP contribution is 2.23. The average molecular weight is 209 g/mol. The van der Waals surface area contributed by atoms with Crippen molar-refractivity contribution in [1.82, 2.24) is 5.32 Å². The molecule has 2 N–H and O–H groups in total. The Labute approximate surface area is 80.8 Å². The van der Waals surface area contributed by atoms with Gasteiger partial charge in [0.25, 0.3) is 0 Å². The summed E-state index contributed by atoms with van der Waals surface area (Å²) in [6.45, 7) is 1.29. The fourth-order valence-corrected chi connectivity index (χ4v) is 1.44. The number of allylic oxidation sites excluding steroid dienone is 1. The molecule has 0 aromatic carbocycles. The largest absolute Gasteiger partial charge is 0.392 e. The molecule has 0 saturated carbocycles. The molecule has 82 valence electrons. The van der Waals surface area contributed by atoms with Gasteiger partial charge in [0, 0.05) is 0 Å². The Morgan fingerprint density at radius 3 is 2.36 bits per heavy atom. The third-order valence-electron chi connectivity index (χ3n) is 2.25. The zero-order valence-corrected chi connectivity index (χ0v) is 7.77. The minimum Gasteiger partial charge on any atom is -0.386 e. The quantitative estimate of drug-likeness (QED) is 0.677. The first-order chi connectivity index (χ1) is 6.41. The van der Waals surface area contributed by atoms with Gasteiger partial charge in [-0.05, 0) is 25.9 Å². The number of aliphatic hydroxyl groups is 1. The summed E-state index contributed by atoms with van der Waals surface area (Å²) in [6.07, 6.45) is -1.92. The summed E-state index contributed by atoms with van der Waals surface area (Å²) < 4.78 is 35.4. The highest BCUT2D eigenvalue weighted by molar-refractivity contribution is 5.03. The molecule has 1 rings (SSSR count). The predicted octanol–water partition coefficient (Wildman–Crippen LogP) is 1.61. The number of nitrogens with one attached hydrogen (secondary N) is 1. The van der Waals surface area contributed by atoms with E-state index in [1.54, 1.807) is 0 Å². The van der Waals surface area contributed by atoms with Crippen molar-refractivity contribution < 1.29 is 18.3 Å². The molecule has 0 spiro atoms. The van der Waals surface area contributed by atoms with E-state index in [-0.39, 0.29) is 0 Å². The van der Waals surface area contributed by atoms with Crippen LogP contribution in [-0.2, 0) is 0 Å². The zero-order chi connectivity index (χ0) is 10.7. The van der Waals surface area contributed by atoms with Crippen molar-refractivity contribution in [3.8, 4) is 0 Å². The Kier molecular flexibility index (Phi) is 3.55. The van der Waals surface area contributed by atoms with Crippen LogP contribution in [0.5, 0.6) is 0 Å². The van der Waals surface area contributed by atoms with Gasteiger partial charge in [0.05, 0.1) is 12.0 Å². The molecular formula is C9H14F3NO. The fraction of sp³-hybridized carbons (Fsp3) is 0.778. The summed E-state index contributed by atoms with van der Waals surface area (Å²) in [5, 5.41) is 12.8. The van der Waals surface area contributed by atoms with Crippen molar-refractivity contribution in [2.24, 2.45) is 0 Å². The van der Waals surface area contributed by atoms with Gasteiger partial charge in [-0.1, -0.05) is 12.2 Å². The maximum absolute atomic E-state index is 11.8. The first-order valence-corrected chi connectivity index (χ1v) is 4.59. The number of piperidine rings is 1. The van der Waals surface area contributed by atoms with Crippen LogP contribution in [0.15, 0.2) is 12.2 Å². The Balaban J connectivity index is 2.41.